The Hall–Kier alpha value is -5.56. The van der Waals surface area contributed by atoms with E-state index in [0.717, 1.165) is 5.56 Å². The number of aliphatic hydroxyl groups excluding tert-OH is 1. The van der Waals surface area contributed by atoms with Crippen LogP contribution < -0.4 is 0 Å². The van der Waals surface area contributed by atoms with Crippen LogP contribution in [0.5, 0.6) is 0 Å². The molecule has 1 fully saturated rings. The number of unbranched alkanes of at least 4 members (excludes halogenated alkanes) is 1. The molecule has 0 aromatic heterocycles. The molecule has 0 saturated heterocycles. The van der Waals surface area contributed by atoms with Crippen molar-refractivity contribution in [1.29, 1.82) is 0 Å². The first-order valence-corrected chi connectivity index (χ1v) is 19.5. The summed E-state index contributed by atoms with van der Waals surface area (Å²) in [5.74, 6) is -6.96. The SMILES string of the molecule is COCOC(=O)COC(=O)COC(=O)COC(=O)COC(=O)COC(=O)O[C@@H]1C[C@H](OC(C)=O)[C@H](C/C=C\CCCC(=O)OC(C)C)[C@H]1CC[C@@H](O)CCc1ccccc1. The third-order valence-corrected chi connectivity index (χ3v) is 8.72. The summed E-state index contributed by atoms with van der Waals surface area (Å²) in [5.41, 5.74) is 1.08. The summed E-state index contributed by atoms with van der Waals surface area (Å²) in [5, 5.41) is 10.9. The van der Waals surface area contributed by atoms with Gasteiger partial charge in [-0.05, 0) is 64.4 Å². The van der Waals surface area contributed by atoms with Crippen molar-refractivity contribution < 1.29 is 90.8 Å². The van der Waals surface area contributed by atoms with Crippen LogP contribution in [0.1, 0.15) is 77.7 Å². The molecule has 0 unspecified atom stereocenters. The van der Waals surface area contributed by atoms with Gasteiger partial charge in [0.1, 0.15) is 12.2 Å². The van der Waals surface area contributed by atoms with Crippen LogP contribution in [0.15, 0.2) is 42.5 Å². The topological polar surface area (TPSA) is 249 Å². The van der Waals surface area contributed by atoms with Gasteiger partial charge in [0, 0.05) is 38.7 Å². The lowest BCUT2D eigenvalue weighted by molar-refractivity contribution is -0.172. The van der Waals surface area contributed by atoms with Crippen molar-refractivity contribution in [1.82, 2.24) is 0 Å². The van der Waals surface area contributed by atoms with Gasteiger partial charge in [0.25, 0.3) is 0 Å². The maximum absolute atomic E-state index is 12.8. The predicted molar refractivity (Wildman–Crippen MR) is 204 cm³/mol. The Morgan fingerprint density at radius 1 is 0.700 bits per heavy atom. The Kier molecular flexibility index (Phi) is 24.3. The molecule has 0 spiro atoms. The zero-order chi connectivity index (χ0) is 44.3. The quantitative estimate of drug-likeness (QED) is 0.0438. The highest BCUT2D eigenvalue weighted by Crippen LogP contribution is 2.42. The monoisotopic (exact) mass is 852 g/mol. The molecule has 1 saturated carbocycles. The summed E-state index contributed by atoms with van der Waals surface area (Å²) in [6, 6.07) is 9.70. The highest BCUT2D eigenvalue weighted by atomic mass is 16.7. The number of allylic oxidation sites excluding steroid dienone is 2. The molecule has 19 nitrogen and oxygen atoms in total. The number of methoxy groups -OCH3 is 1. The van der Waals surface area contributed by atoms with Crippen molar-refractivity contribution in [2.75, 3.05) is 46.9 Å². The van der Waals surface area contributed by atoms with Gasteiger partial charge in [0.05, 0.1) is 12.2 Å². The zero-order valence-electron chi connectivity index (χ0n) is 34.4. The number of hydrogen-bond acceptors (Lipinski definition) is 19. The second-order valence-electron chi connectivity index (χ2n) is 13.9. The maximum atomic E-state index is 12.8. The van der Waals surface area contributed by atoms with E-state index in [-0.39, 0.29) is 43.5 Å². The fourth-order valence-corrected chi connectivity index (χ4v) is 6.07. The molecule has 1 N–H and O–H groups in total. The molecule has 0 heterocycles. The molecule has 1 aliphatic carbocycles. The van der Waals surface area contributed by atoms with E-state index in [1.807, 2.05) is 42.5 Å². The second-order valence-corrected chi connectivity index (χ2v) is 13.9. The van der Waals surface area contributed by atoms with Crippen molar-refractivity contribution >= 4 is 47.9 Å². The normalized spacial score (nSPS) is 17.6. The number of ether oxygens (including phenoxy) is 10. The summed E-state index contributed by atoms with van der Waals surface area (Å²) in [6.07, 6.45) is 4.19. The maximum Gasteiger partial charge on any atom is 0.509 e. The number of rotatable bonds is 27. The van der Waals surface area contributed by atoms with Crippen molar-refractivity contribution in [2.45, 2.75) is 103 Å². The molecule has 0 radical (unpaired) electrons. The van der Waals surface area contributed by atoms with Gasteiger partial charge in [-0.15, -0.1) is 0 Å². The van der Waals surface area contributed by atoms with Crippen LogP contribution in [0.2, 0.25) is 0 Å². The molecule has 0 amide bonds. The lowest BCUT2D eigenvalue weighted by Crippen LogP contribution is -2.29. The molecule has 1 aliphatic rings. The molecule has 0 bridgehead atoms. The Morgan fingerprint density at radius 3 is 1.80 bits per heavy atom. The first-order chi connectivity index (χ1) is 28.7. The summed E-state index contributed by atoms with van der Waals surface area (Å²) in [4.78, 5) is 95.5. The average molecular weight is 853 g/mol. The first-order valence-electron chi connectivity index (χ1n) is 19.5. The van der Waals surface area contributed by atoms with Gasteiger partial charge in [-0.3, -0.25) is 9.59 Å². The number of aliphatic hydroxyl groups is 1. The van der Waals surface area contributed by atoms with E-state index in [0.29, 0.717) is 44.9 Å². The summed E-state index contributed by atoms with van der Waals surface area (Å²) >= 11 is 0. The standard InChI is InChI=1S/C41H56O19/c1-27(2)58-35(44)15-11-6-5-10-14-31-32(19-18-30(43)17-16-29-12-8-7-9-13-29)34(20-33(31)59-28(3)42)60-41(50)56-25-39(48)54-23-37(46)52-21-36(45)53-22-38(47)55-24-40(49)57-26-51-4/h5,7-10,12-13,27,30-34,43H,6,11,14-26H2,1-4H3/b10-5-/t30-,31+,32+,33-,34+/m0/s1. The predicted octanol–water partition coefficient (Wildman–Crippen LogP) is 3.24. The molecular weight excluding hydrogens is 796 g/mol. The molecule has 2 rings (SSSR count). The number of benzene rings is 1. The zero-order valence-corrected chi connectivity index (χ0v) is 34.4. The van der Waals surface area contributed by atoms with Crippen molar-refractivity contribution in [3.8, 4) is 0 Å². The molecule has 60 heavy (non-hydrogen) atoms. The molecule has 5 atom stereocenters. The van der Waals surface area contributed by atoms with Crippen LogP contribution in [0.3, 0.4) is 0 Å². The van der Waals surface area contributed by atoms with Crippen molar-refractivity contribution in [2.24, 2.45) is 11.8 Å². The van der Waals surface area contributed by atoms with Crippen LogP contribution in [0, 0.1) is 11.8 Å². The lowest BCUT2D eigenvalue weighted by atomic mass is 9.85. The van der Waals surface area contributed by atoms with Crippen LogP contribution in [0.4, 0.5) is 4.79 Å². The minimum Gasteiger partial charge on any atom is -0.463 e. The van der Waals surface area contributed by atoms with E-state index >= 15 is 0 Å². The van der Waals surface area contributed by atoms with Crippen LogP contribution >= 0.6 is 0 Å². The molecule has 1 aromatic rings. The van der Waals surface area contributed by atoms with Gasteiger partial charge < -0.3 is 52.5 Å². The molecule has 19 heteroatoms. The van der Waals surface area contributed by atoms with Crippen molar-refractivity contribution in [3.63, 3.8) is 0 Å². The number of hydrogen-bond donors (Lipinski definition) is 1. The largest absolute Gasteiger partial charge is 0.509 e. The van der Waals surface area contributed by atoms with Gasteiger partial charge in [-0.2, -0.15) is 0 Å². The minimum absolute atomic E-state index is 0.127. The van der Waals surface area contributed by atoms with E-state index in [1.54, 1.807) is 13.8 Å². The van der Waals surface area contributed by atoms with E-state index in [1.165, 1.54) is 14.0 Å². The third kappa shape index (κ3) is 22.6. The fraction of sp³-hybridized carbons (Fsp3) is 0.610. The molecule has 334 valence electrons. The van der Waals surface area contributed by atoms with E-state index < -0.39 is 93.3 Å². The van der Waals surface area contributed by atoms with Gasteiger partial charge in [-0.1, -0.05) is 42.5 Å². The summed E-state index contributed by atoms with van der Waals surface area (Å²) in [7, 11) is 1.28. The minimum atomic E-state index is -1.23. The Bertz CT molecular complexity index is 1560. The number of carbonyl (C=O) groups excluding carboxylic acids is 8. The molecule has 0 aliphatic heterocycles. The number of carbonyl (C=O) groups is 8. The number of esters is 7. The summed E-state index contributed by atoms with van der Waals surface area (Å²) < 4.78 is 48.8. The van der Waals surface area contributed by atoms with Gasteiger partial charge >= 0.3 is 47.9 Å². The molecule has 1 aromatic carbocycles. The van der Waals surface area contributed by atoms with Crippen LogP contribution in [-0.2, 0) is 87.4 Å². The number of aryl methyl sites for hydroxylation is 1. The van der Waals surface area contributed by atoms with E-state index in [4.69, 9.17) is 23.7 Å². The smallest absolute Gasteiger partial charge is 0.463 e. The fourth-order valence-electron chi connectivity index (χ4n) is 6.07. The summed E-state index contributed by atoms with van der Waals surface area (Å²) in [6.45, 7) is -0.0209. The van der Waals surface area contributed by atoms with Crippen LogP contribution in [0.25, 0.3) is 0 Å². The highest BCUT2D eigenvalue weighted by molar-refractivity contribution is 5.82. The van der Waals surface area contributed by atoms with Crippen molar-refractivity contribution in [3.05, 3.63) is 48.0 Å². The Balaban J connectivity index is 1.90. The Labute approximate surface area is 348 Å². The second kappa shape index (κ2) is 28.8. The van der Waals surface area contributed by atoms with E-state index in [2.05, 4.69) is 23.7 Å². The van der Waals surface area contributed by atoms with Gasteiger partial charge in [-0.25, -0.2) is 28.8 Å². The Morgan fingerprint density at radius 2 is 1.25 bits per heavy atom. The van der Waals surface area contributed by atoms with E-state index in [9.17, 15) is 43.5 Å². The third-order valence-electron chi connectivity index (χ3n) is 8.72. The van der Waals surface area contributed by atoms with Gasteiger partial charge in [0.15, 0.2) is 39.8 Å². The highest BCUT2D eigenvalue weighted by Gasteiger charge is 2.46. The first kappa shape index (κ1) is 50.6. The molecular formula is C41H56O19. The lowest BCUT2D eigenvalue weighted by Gasteiger charge is -2.26. The average Bonchev–Trinajstić information content (AvgIpc) is 3.52. The van der Waals surface area contributed by atoms with Gasteiger partial charge in [0.2, 0.25) is 0 Å². The van der Waals surface area contributed by atoms with Crippen LogP contribution in [-0.4, -0.2) is 124 Å².